The lowest BCUT2D eigenvalue weighted by atomic mass is 9.86. The Bertz CT molecular complexity index is 3410. The van der Waals surface area contributed by atoms with Gasteiger partial charge in [0, 0.05) is 96.4 Å². The van der Waals surface area contributed by atoms with E-state index in [1.807, 2.05) is 27.7 Å². The molecule has 89 heavy (non-hydrogen) atoms. The Morgan fingerprint density at radius 1 is 0.607 bits per heavy atom. The van der Waals surface area contributed by atoms with E-state index >= 15 is 0 Å². The molecule has 0 aliphatic carbocycles. The molecule has 4 amide bonds. The van der Waals surface area contributed by atoms with Crippen LogP contribution in [0.2, 0.25) is 10.0 Å². The molecule has 3 N–H and O–H groups in total. The van der Waals surface area contributed by atoms with Crippen LogP contribution in [0.4, 0.5) is 38.8 Å². The van der Waals surface area contributed by atoms with Crippen molar-refractivity contribution in [2.24, 2.45) is 10.8 Å². The number of fused-ring (bicyclic) bond motifs is 2. The molecule has 2 atom stereocenters. The molecule has 0 aliphatic rings. The lowest BCUT2D eigenvalue weighted by Gasteiger charge is -2.35. The zero-order valence-electron chi connectivity index (χ0n) is 50.5. The number of anilines is 2. The summed E-state index contributed by atoms with van der Waals surface area (Å²) in [7, 11) is 4.23. The molecule has 492 valence electrons. The number of rotatable bonds is 26. The SMILES string of the molecule is CN(C(=O)CCc1cccc(F)c1Cl)[C@H](COC(=O)Nc1cc2cc(F)ccc2cn1)CC(C)(C)CO.COP(=O)(Cl)OC.COP(=O)(OC)OCC(C)(C)C[C@@H](COC(=O)Nc1cc2cc(F)ccc2cn1)N(C)C(=O)CCc1cccc(F)c1Cl.S.S. The molecule has 0 bridgehead atoms. The highest BCUT2D eigenvalue weighted by molar-refractivity contribution is 7.81. The summed E-state index contributed by atoms with van der Waals surface area (Å²) >= 11 is 17.1. The molecule has 0 fully saturated rings. The summed E-state index contributed by atoms with van der Waals surface area (Å²) in [4.78, 5) is 62.5. The van der Waals surface area contributed by atoms with Crippen LogP contribution in [0.25, 0.3) is 21.5 Å². The third-order valence-electron chi connectivity index (χ3n) is 13.3. The predicted molar refractivity (Wildman–Crippen MR) is 346 cm³/mol. The number of carbonyl (C=O) groups excluding carboxylic acids is 4. The topological polar surface area (TPSA) is 244 Å². The van der Waals surface area contributed by atoms with E-state index in [2.05, 4.69) is 29.6 Å². The van der Waals surface area contributed by atoms with Gasteiger partial charge in [0.15, 0.2) is 0 Å². The van der Waals surface area contributed by atoms with Crippen LogP contribution < -0.4 is 10.6 Å². The number of amides is 4. The Labute approximate surface area is 543 Å². The van der Waals surface area contributed by atoms with Crippen molar-refractivity contribution in [1.29, 1.82) is 0 Å². The summed E-state index contributed by atoms with van der Waals surface area (Å²) in [6, 6.07) is 19.1. The number of nitrogens with one attached hydrogen (secondary N) is 2. The first-order valence-corrected chi connectivity index (χ1v) is 31.3. The molecule has 0 unspecified atom stereocenters. The maximum atomic E-state index is 13.9. The second kappa shape index (κ2) is 37.3. The number of phosphoric acid groups is 1. The smallest absolute Gasteiger partial charge is 0.447 e. The van der Waals surface area contributed by atoms with Crippen molar-refractivity contribution in [3.8, 4) is 0 Å². The highest BCUT2D eigenvalue weighted by atomic mass is 35.7. The van der Waals surface area contributed by atoms with Gasteiger partial charge in [0.2, 0.25) is 11.8 Å². The number of ether oxygens (including phenoxy) is 2. The van der Waals surface area contributed by atoms with Crippen molar-refractivity contribution in [3.05, 3.63) is 142 Å². The standard InChI is InChI=1S/C29H35ClF2N3O7P.C27H30ClF2N3O4.C2H6ClO3P.2H2S/c1-29(2,18-42-43(38,39-4)40-5)15-23(35(3)26(36)12-10-19-7-6-8-24(32)27(19)30)17-41-28(37)34-25-14-21-13-22(31)11-9-20(21)16-33-25;1-27(2,16-34)13-21(33(3)24(35)10-8-17-5-4-6-22(30)25(17)28)15-37-26(36)32-23-12-19-11-20(29)9-7-18(19)14-31-23;1-5-7(3,4)6-2;;/h6-9,11,13-14,16,23H,10,12,15,17-18H2,1-5H3,(H,33,34,37);4-7,9,11-12,14,21,34H,8,10,13,15-16H2,1-3H3,(H,31,32,36);1-2H3;2*1H2/t23-;21-;;;/m00.../s1. The second-order valence-corrected chi connectivity index (χ2v) is 26.6. The van der Waals surface area contributed by atoms with Gasteiger partial charge >= 0.3 is 27.0 Å². The number of carbonyl (C=O) groups is 4. The fraction of sp³-hybridized carbons (Fsp3) is 0.414. The summed E-state index contributed by atoms with van der Waals surface area (Å²) in [5, 5.41) is 17.2. The molecule has 4 aromatic carbocycles. The van der Waals surface area contributed by atoms with Crippen molar-refractivity contribution < 1.29 is 83.1 Å². The lowest BCUT2D eigenvalue weighted by Crippen LogP contribution is -2.44. The van der Waals surface area contributed by atoms with Crippen LogP contribution in [0, 0.1) is 34.1 Å². The summed E-state index contributed by atoms with van der Waals surface area (Å²) < 4.78 is 112. The molecular weight excluding hydrogens is 1310 g/mol. The zero-order valence-corrected chi connectivity index (χ0v) is 56.6. The molecule has 0 saturated heterocycles. The molecule has 0 spiro atoms. The van der Waals surface area contributed by atoms with Crippen molar-refractivity contribution in [2.75, 3.05) is 79.6 Å². The number of hydrogen-bond acceptors (Lipinski definition) is 16. The molecule has 2 heterocycles. The van der Waals surface area contributed by atoms with Crippen molar-refractivity contribution in [1.82, 2.24) is 19.8 Å². The van der Waals surface area contributed by atoms with E-state index in [0.29, 0.717) is 39.1 Å². The van der Waals surface area contributed by atoms with Crippen LogP contribution in [0.5, 0.6) is 0 Å². The molecule has 6 rings (SSSR count). The van der Waals surface area contributed by atoms with Crippen molar-refractivity contribution in [3.63, 3.8) is 0 Å². The number of phosphoric ester groups is 1. The molecule has 20 nitrogen and oxygen atoms in total. The van der Waals surface area contributed by atoms with Crippen LogP contribution in [-0.2, 0) is 63.7 Å². The van der Waals surface area contributed by atoms with E-state index in [9.17, 15) is 51.0 Å². The molecule has 2 aromatic heterocycles. The van der Waals surface area contributed by atoms with Crippen molar-refractivity contribution >= 4 is 133 Å². The summed E-state index contributed by atoms with van der Waals surface area (Å²) in [6.45, 7) is 3.58. The van der Waals surface area contributed by atoms with E-state index < -0.39 is 73.1 Å². The van der Waals surface area contributed by atoms with Gasteiger partial charge in [-0.3, -0.25) is 33.8 Å². The predicted octanol–water partition coefficient (Wildman–Crippen LogP) is 14.4. The molecule has 0 aliphatic heterocycles. The Balaban J connectivity index is 0.000000540. The number of halogens is 7. The highest BCUT2D eigenvalue weighted by Crippen LogP contribution is 2.51. The van der Waals surface area contributed by atoms with Crippen molar-refractivity contribution in [2.45, 2.75) is 78.3 Å². The van der Waals surface area contributed by atoms with Gasteiger partial charge in [0.05, 0.1) is 28.7 Å². The van der Waals surface area contributed by atoms with Gasteiger partial charge in [0.25, 0.3) is 0 Å². The third-order valence-corrected chi connectivity index (χ3v) is 17.2. The van der Waals surface area contributed by atoms with Gasteiger partial charge in [-0.25, -0.2) is 46.2 Å². The minimum absolute atomic E-state index is 0. The van der Waals surface area contributed by atoms with Crippen LogP contribution in [0.15, 0.2) is 97.3 Å². The van der Waals surface area contributed by atoms with Crippen LogP contribution in [0.3, 0.4) is 0 Å². The fourth-order valence-electron chi connectivity index (χ4n) is 8.23. The molecule has 0 radical (unpaired) electrons. The number of likely N-dealkylation sites (N-methyl/N-ethyl adjacent to an activating group) is 2. The maximum Gasteiger partial charge on any atom is 0.474 e. The average molecular weight is 1390 g/mol. The molecule has 0 saturated carbocycles. The molecule has 6 aromatic rings. The van der Waals surface area contributed by atoms with Crippen LogP contribution >= 0.6 is 76.2 Å². The van der Waals surface area contributed by atoms with E-state index in [-0.39, 0.29) is 119 Å². The number of aliphatic hydroxyl groups is 1. The van der Waals surface area contributed by atoms with Gasteiger partial charge in [-0.2, -0.15) is 27.0 Å². The average Bonchev–Trinajstić information content (AvgIpc) is 3.70. The second-order valence-electron chi connectivity index (χ2n) is 21.1. The van der Waals surface area contributed by atoms with E-state index in [0.717, 1.165) is 0 Å². The van der Waals surface area contributed by atoms with Gasteiger partial charge in [-0.1, -0.05) is 75.2 Å². The number of nitrogens with zero attached hydrogens (tertiary/aromatic N) is 4. The quantitative estimate of drug-likeness (QED) is 0.0338. The Morgan fingerprint density at radius 3 is 1.36 bits per heavy atom. The van der Waals surface area contributed by atoms with Crippen LogP contribution in [-0.4, -0.2) is 130 Å². The first-order chi connectivity index (χ1) is 40.9. The van der Waals surface area contributed by atoms with Gasteiger partial charge in [0.1, 0.15) is 48.1 Å². The normalized spacial score (nSPS) is 12.2. The minimum Gasteiger partial charge on any atom is -0.447 e. The zero-order chi connectivity index (χ0) is 64.9. The Hall–Kier alpha value is -5.31. The minimum atomic E-state index is -3.76. The summed E-state index contributed by atoms with van der Waals surface area (Å²) in [6.07, 6.45) is 2.50. The summed E-state index contributed by atoms with van der Waals surface area (Å²) in [5.74, 6) is -2.17. The number of pyridine rings is 2. The van der Waals surface area contributed by atoms with Crippen LogP contribution in [0.1, 0.15) is 64.5 Å². The largest absolute Gasteiger partial charge is 0.474 e. The fourth-order valence-corrected chi connectivity index (χ4v) is 9.69. The monoisotopic (exact) mass is 1390 g/mol. The molecular formula is C58H75Cl3F4N6O14P2S2. The van der Waals surface area contributed by atoms with Gasteiger partial charge < -0.3 is 33.4 Å². The number of aryl methyl sites for hydroxylation is 2. The van der Waals surface area contributed by atoms with E-state index in [1.54, 1.807) is 38.4 Å². The summed E-state index contributed by atoms with van der Waals surface area (Å²) in [5.41, 5.74) is -0.229. The Kier molecular flexibility index (Phi) is 33.4. The number of hydrogen-bond donors (Lipinski definition) is 3. The highest BCUT2D eigenvalue weighted by Gasteiger charge is 2.34. The van der Waals surface area contributed by atoms with Gasteiger partial charge in [-0.15, -0.1) is 0 Å². The Morgan fingerprint density at radius 2 is 1.00 bits per heavy atom. The van der Waals surface area contributed by atoms with E-state index in [1.165, 1.54) is 111 Å². The van der Waals surface area contributed by atoms with Gasteiger partial charge in [-0.05, 0) is 119 Å². The number of aliphatic hydroxyl groups excluding tert-OH is 1. The molecule has 31 heteroatoms. The first kappa shape index (κ1) is 79.8. The number of aromatic nitrogens is 2. The lowest BCUT2D eigenvalue weighted by molar-refractivity contribution is -0.134. The first-order valence-electron chi connectivity index (χ1n) is 26.6. The maximum absolute atomic E-state index is 13.9. The number of benzene rings is 4. The third kappa shape index (κ3) is 26.4. The van der Waals surface area contributed by atoms with E-state index in [4.69, 9.17) is 57.5 Å².